The highest BCUT2D eigenvalue weighted by Crippen LogP contribution is 2.42. The van der Waals surface area contributed by atoms with Crippen LogP contribution in [0.1, 0.15) is 9.60 Å². The third-order valence-corrected chi connectivity index (χ3v) is 11.0. The van der Waals surface area contributed by atoms with Gasteiger partial charge in [0.1, 0.15) is 0 Å². The second-order valence-electron chi connectivity index (χ2n) is 12.8. The standard InChI is InChI=1S/C50H33NS/c1-3-14-42-34(10-1)12-7-17-44(42)36-22-28-39(29-23-36)51(40-30-24-37(25-31-40)45-18-8-13-35-11-2-4-15-43(35)45)41-32-26-38(27-33-41)46-19-9-20-48-47-16-5-6-21-49(47)52-50(46)48/h1-33H/i1D,3D,7D,10D,12D,14D,17D. The number of anilines is 3. The first kappa shape index (κ1) is 23.8. The Balaban J connectivity index is 1.10. The Labute approximate surface area is 317 Å². The Morgan fingerprint density at radius 1 is 0.365 bits per heavy atom. The maximum Gasteiger partial charge on any atom is 0.0629 e. The predicted octanol–water partition coefficient (Wildman–Crippen LogP) is 14.8. The van der Waals surface area contributed by atoms with Crippen molar-refractivity contribution in [1.29, 1.82) is 0 Å². The summed E-state index contributed by atoms with van der Waals surface area (Å²) in [5.74, 6) is 0. The molecule has 2 heteroatoms. The minimum absolute atomic E-state index is 0.0598. The molecule has 1 aromatic heterocycles. The van der Waals surface area contributed by atoms with Gasteiger partial charge in [-0.2, -0.15) is 0 Å². The second-order valence-corrected chi connectivity index (χ2v) is 13.8. The van der Waals surface area contributed by atoms with Gasteiger partial charge >= 0.3 is 0 Å². The molecule has 52 heavy (non-hydrogen) atoms. The average molecular weight is 687 g/mol. The average Bonchev–Trinajstić information content (AvgIpc) is 3.67. The van der Waals surface area contributed by atoms with Crippen molar-refractivity contribution < 1.29 is 9.60 Å². The molecule has 0 saturated heterocycles. The summed E-state index contributed by atoms with van der Waals surface area (Å²) >= 11 is 1.81. The van der Waals surface area contributed by atoms with Crippen LogP contribution in [0.2, 0.25) is 0 Å². The molecule has 1 nitrogen and oxygen atoms in total. The predicted molar refractivity (Wildman–Crippen MR) is 225 cm³/mol. The van der Waals surface area contributed by atoms with Crippen LogP contribution >= 0.6 is 11.3 Å². The van der Waals surface area contributed by atoms with Gasteiger partial charge in [-0.15, -0.1) is 11.3 Å². The van der Waals surface area contributed by atoms with Gasteiger partial charge in [0.2, 0.25) is 0 Å². The number of fused-ring (bicyclic) bond motifs is 5. The fourth-order valence-electron chi connectivity index (χ4n) is 7.29. The molecule has 0 saturated carbocycles. The Hall–Kier alpha value is -6.48. The Kier molecular flexibility index (Phi) is 5.82. The molecule has 9 aromatic carbocycles. The first-order valence-corrected chi connectivity index (χ1v) is 18.0. The molecule has 0 aliphatic heterocycles. The molecule has 0 aliphatic carbocycles. The van der Waals surface area contributed by atoms with Crippen molar-refractivity contribution in [2.75, 3.05) is 4.90 Å². The zero-order valence-corrected chi connectivity index (χ0v) is 28.7. The van der Waals surface area contributed by atoms with E-state index in [1.807, 2.05) is 24.3 Å². The van der Waals surface area contributed by atoms with Crippen LogP contribution in [0.25, 0.3) is 75.1 Å². The van der Waals surface area contributed by atoms with Crippen molar-refractivity contribution in [3.05, 3.63) is 200 Å². The summed E-state index contributed by atoms with van der Waals surface area (Å²) in [6, 6.07) is 51.6. The largest absolute Gasteiger partial charge is 0.311 e. The van der Waals surface area contributed by atoms with Crippen LogP contribution in [0.3, 0.4) is 0 Å². The lowest BCUT2D eigenvalue weighted by molar-refractivity contribution is 1.28. The van der Waals surface area contributed by atoms with E-state index in [4.69, 9.17) is 9.60 Å². The monoisotopic (exact) mass is 686 g/mol. The highest BCUT2D eigenvalue weighted by Gasteiger charge is 2.16. The third-order valence-electron chi connectivity index (χ3n) is 9.79. The minimum Gasteiger partial charge on any atom is -0.311 e. The van der Waals surface area contributed by atoms with E-state index >= 15 is 0 Å². The third kappa shape index (κ3) is 5.24. The van der Waals surface area contributed by atoms with Gasteiger partial charge in [0, 0.05) is 37.2 Å². The SMILES string of the molecule is [2H]c1c([2H])c([2H])c2c(-c3ccc(N(c4ccc(-c5cccc6ccccc56)cc4)c4ccc(-c5cccc6c5sc5ccccc56)cc4)cc3)c([2H])c([2H])c([2H])c2c1[2H]. The molecule has 0 N–H and O–H groups in total. The molecule has 1 heterocycles. The molecule has 0 bridgehead atoms. The Bertz CT molecular complexity index is 3270. The van der Waals surface area contributed by atoms with E-state index in [-0.39, 0.29) is 46.5 Å². The van der Waals surface area contributed by atoms with Crippen molar-refractivity contribution in [1.82, 2.24) is 0 Å². The van der Waals surface area contributed by atoms with Gasteiger partial charge in [0.15, 0.2) is 0 Å². The fourth-order valence-corrected chi connectivity index (χ4v) is 8.52. The normalized spacial score (nSPS) is 13.3. The molecule has 0 aliphatic rings. The smallest absolute Gasteiger partial charge is 0.0629 e. The van der Waals surface area contributed by atoms with Gasteiger partial charge in [-0.1, -0.05) is 158 Å². The minimum atomic E-state index is -0.469. The van der Waals surface area contributed by atoms with Crippen molar-refractivity contribution >= 4 is 70.1 Å². The Morgan fingerprint density at radius 2 is 0.904 bits per heavy atom. The number of hydrogen-bond donors (Lipinski definition) is 0. The van der Waals surface area contributed by atoms with Gasteiger partial charge in [-0.3, -0.25) is 0 Å². The van der Waals surface area contributed by atoms with E-state index in [1.54, 1.807) is 11.3 Å². The summed E-state index contributed by atoms with van der Waals surface area (Å²) in [5, 5.41) is 4.87. The molecule has 244 valence electrons. The van der Waals surface area contributed by atoms with Gasteiger partial charge in [-0.05, 0) is 97.4 Å². The van der Waals surface area contributed by atoms with E-state index in [2.05, 4.69) is 138 Å². The summed E-state index contributed by atoms with van der Waals surface area (Å²) in [4.78, 5) is 2.16. The van der Waals surface area contributed by atoms with Gasteiger partial charge in [0.25, 0.3) is 0 Å². The first-order chi connectivity index (χ1) is 28.7. The maximum atomic E-state index is 8.90. The van der Waals surface area contributed by atoms with Crippen LogP contribution in [-0.2, 0) is 0 Å². The van der Waals surface area contributed by atoms with Crippen molar-refractivity contribution in [2.24, 2.45) is 0 Å². The highest BCUT2D eigenvalue weighted by molar-refractivity contribution is 7.26. The lowest BCUT2D eigenvalue weighted by Crippen LogP contribution is -2.09. The number of rotatable bonds is 6. The zero-order valence-electron chi connectivity index (χ0n) is 34.9. The molecule has 0 radical (unpaired) electrons. The first-order valence-electron chi connectivity index (χ1n) is 20.7. The van der Waals surface area contributed by atoms with Crippen LogP contribution in [-0.4, -0.2) is 0 Å². The van der Waals surface area contributed by atoms with E-state index in [0.717, 1.165) is 33.8 Å². The Morgan fingerprint density at radius 3 is 1.65 bits per heavy atom. The van der Waals surface area contributed by atoms with Crippen molar-refractivity contribution in [2.45, 2.75) is 0 Å². The molecule has 0 unspecified atom stereocenters. The molecule has 0 fully saturated rings. The maximum absolute atomic E-state index is 8.90. The number of hydrogen-bond acceptors (Lipinski definition) is 2. The molecule has 10 aromatic rings. The quantitative estimate of drug-likeness (QED) is 0.168. The molecule has 0 spiro atoms. The van der Waals surface area contributed by atoms with Gasteiger partial charge < -0.3 is 4.90 Å². The van der Waals surface area contributed by atoms with Crippen LogP contribution in [0.4, 0.5) is 17.1 Å². The summed E-state index contributed by atoms with van der Waals surface area (Å²) in [6.45, 7) is 0. The number of nitrogens with zero attached hydrogens (tertiary/aromatic N) is 1. The molecule has 0 amide bonds. The van der Waals surface area contributed by atoms with E-state index in [1.165, 1.54) is 36.5 Å². The van der Waals surface area contributed by atoms with E-state index < -0.39 is 12.1 Å². The molecular formula is C50H33NS. The van der Waals surface area contributed by atoms with Crippen molar-refractivity contribution in [3.8, 4) is 33.4 Å². The van der Waals surface area contributed by atoms with Crippen LogP contribution in [0.5, 0.6) is 0 Å². The molecular weight excluding hydrogens is 647 g/mol. The van der Waals surface area contributed by atoms with Crippen molar-refractivity contribution in [3.63, 3.8) is 0 Å². The molecule has 0 atom stereocenters. The molecule has 10 rings (SSSR count). The highest BCUT2D eigenvalue weighted by atomic mass is 32.1. The van der Waals surface area contributed by atoms with Gasteiger partial charge in [0.05, 0.1) is 9.60 Å². The lowest BCUT2D eigenvalue weighted by Gasteiger charge is -2.26. The fraction of sp³-hybridized carbons (Fsp3) is 0. The summed E-state index contributed by atoms with van der Waals surface area (Å²) in [5.41, 5.74) is 7.91. The second kappa shape index (κ2) is 12.7. The van der Waals surface area contributed by atoms with E-state index in [9.17, 15) is 0 Å². The topological polar surface area (TPSA) is 3.24 Å². The van der Waals surface area contributed by atoms with Gasteiger partial charge in [-0.25, -0.2) is 0 Å². The van der Waals surface area contributed by atoms with Crippen LogP contribution in [0, 0.1) is 0 Å². The lowest BCUT2D eigenvalue weighted by atomic mass is 9.97. The summed E-state index contributed by atoms with van der Waals surface area (Å²) in [6.07, 6.45) is 0. The summed E-state index contributed by atoms with van der Waals surface area (Å²) < 4.78 is 62.5. The van der Waals surface area contributed by atoms with Crippen LogP contribution < -0.4 is 4.90 Å². The number of thiophene rings is 1. The number of benzene rings is 9. The van der Waals surface area contributed by atoms with Crippen LogP contribution in [0.15, 0.2) is 200 Å². The van der Waals surface area contributed by atoms with E-state index in [0.29, 0.717) is 5.56 Å². The summed E-state index contributed by atoms with van der Waals surface area (Å²) in [7, 11) is 0. The zero-order chi connectivity index (χ0) is 40.5.